The van der Waals surface area contributed by atoms with Crippen LogP contribution in [0.2, 0.25) is 0 Å². The van der Waals surface area contributed by atoms with Gasteiger partial charge in [-0.2, -0.15) is 30.7 Å². The molecule has 0 fully saturated rings. The number of rotatable bonds is 3. The summed E-state index contributed by atoms with van der Waals surface area (Å²) in [6.45, 7) is 0. The number of alkyl halides is 9. The molecule has 12 heteroatoms. The smallest absolute Gasteiger partial charge is 0.415 e. The Morgan fingerprint density at radius 3 is 1.06 bits per heavy atom. The minimum Gasteiger partial charge on any atom is -0.415 e. The van der Waals surface area contributed by atoms with E-state index in [-0.39, 0.29) is 29.6 Å². The molecule has 0 nitrogen and oxygen atoms in total. The van der Waals surface area contributed by atoms with Gasteiger partial charge in [0.1, 0.15) is 0 Å². The van der Waals surface area contributed by atoms with Crippen molar-refractivity contribution in [3.8, 4) is 0 Å². The molecule has 0 aliphatic carbocycles. The number of hydrogen-bond acceptors (Lipinski definition) is 0. The molecule has 17 heavy (non-hydrogen) atoms. The third-order valence-electron chi connectivity index (χ3n) is 1.38. The maximum absolute atomic E-state index is 12.0. The van der Waals surface area contributed by atoms with Crippen LogP contribution in [0.4, 0.5) is 48.3 Å². The summed E-state index contributed by atoms with van der Waals surface area (Å²) in [6.07, 6.45) is -11.6. The Bertz CT molecular complexity index is 253. The van der Waals surface area contributed by atoms with Crippen molar-refractivity contribution in [2.75, 3.05) is 0 Å². The van der Waals surface area contributed by atoms with Gasteiger partial charge in [-0.25, -0.2) is 8.78 Å². The van der Waals surface area contributed by atoms with E-state index >= 15 is 0 Å². The van der Waals surface area contributed by atoms with Crippen LogP contribution < -0.4 is 29.6 Å². The fourth-order valence-electron chi connectivity index (χ4n) is 0.494. The summed E-state index contributed by atoms with van der Waals surface area (Å²) in [5.41, 5.74) is 0. The second-order valence-electron chi connectivity index (χ2n) is 2.48. The Morgan fingerprint density at radius 2 is 0.882 bits per heavy atom. The van der Waals surface area contributed by atoms with Crippen LogP contribution in [0, 0.1) is 6.43 Å². The fraction of sp³-hybridized carbons (Fsp3) is 0.800. The fourth-order valence-corrected chi connectivity index (χ4v) is 0.494. The van der Waals surface area contributed by atoms with Crippen molar-refractivity contribution in [1.29, 1.82) is 0 Å². The molecule has 0 heterocycles. The van der Waals surface area contributed by atoms with Gasteiger partial charge in [-0.1, -0.05) is 0 Å². The van der Waals surface area contributed by atoms with Gasteiger partial charge in [-0.05, 0) is 0 Å². The van der Waals surface area contributed by atoms with Gasteiger partial charge in [0, 0.05) is 0 Å². The van der Waals surface area contributed by atoms with Crippen molar-refractivity contribution in [1.82, 2.24) is 0 Å². The van der Waals surface area contributed by atoms with Crippen molar-refractivity contribution in [3.63, 3.8) is 0 Å². The zero-order valence-corrected chi connectivity index (χ0v) is 9.66. The minimum atomic E-state index is -7.28. The Morgan fingerprint density at radius 1 is 0.588 bits per heavy atom. The Labute approximate surface area is 108 Å². The summed E-state index contributed by atoms with van der Waals surface area (Å²) >= 11 is 0. The van der Waals surface area contributed by atoms with Crippen molar-refractivity contribution in [2.24, 2.45) is 0 Å². The van der Waals surface area contributed by atoms with E-state index in [0.717, 1.165) is 0 Å². The van der Waals surface area contributed by atoms with E-state index in [1.807, 2.05) is 0 Å². The van der Waals surface area contributed by atoms with Crippen LogP contribution in [-0.4, -0.2) is 23.9 Å². The molecule has 0 saturated heterocycles. The summed E-state index contributed by atoms with van der Waals surface area (Å²) in [6, 6.07) is 0. The molecule has 0 radical (unpaired) electrons. The monoisotopic (exact) mass is 292 g/mol. The standard InChI is InChI=1S/C5F11.Na/c6-1(7)2(8,9)3(10,11)4(12,13)5(14,15)16;/q-1;+1. The summed E-state index contributed by atoms with van der Waals surface area (Å²) in [5.74, 6) is -21.4. The third kappa shape index (κ3) is 2.98. The van der Waals surface area contributed by atoms with Crippen molar-refractivity contribution >= 4 is 0 Å². The van der Waals surface area contributed by atoms with Gasteiger partial charge in [-0.15, -0.1) is 0 Å². The molecule has 0 unspecified atom stereocenters. The van der Waals surface area contributed by atoms with Gasteiger partial charge < -0.3 is 8.78 Å². The van der Waals surface area contributed by atoms with Gasteiger partial charge in [0.2, 0.25) is 0 Å². The van der Waals surface area contributed by atoms with E-state index < -0.39 is 30.4 Å². The van der Waals surface area contributed by atoms with E-state index in [9.17, 15) is 48.3 Å². The molecular formula is C5F11Na. The summed E-state index contributed by atoms with van der Waals surface area (Å²) < 4.78 is 128. The Kier molecular flexibility index (Phi) is 5.84. The maximum Gasteiger partial charge on any atom is 1.00 e. The van der Waals surface area contributed by atoms with Crippen LogP contribution in [0.3, 0.4) is 0 Å². The Hall–Kier alpha value is 0.230. The minimum absolute atomic E-state index is 0. The summed E-state index contributed by atoms with van der Waals surface area (Å²) in [4.78, 5) is 0. The largest absolute Gasteiger partial charge is 1.00 e. The van der Waals surface area contributed by atoms with Gasteiger partial charge in [0.25, 0.3) is 5.92 Å². The first-order valence-electron chi connectivity index (χ1n) is 3.08. The van der Waals surface area contributed by atoms with Crippen LogP contribution in [0.1, 0.15) is 0 Å². The van der Waals surface area contributed by atoms with E-state index in [4.69, 9.17) is 0 Å². The zero-order chi connectivity index (χ0) is 13.6. The first-order chi connectivity index (χ1) is 6.69. The molecule has 0 spiro atoms. The van der Waals surface area contributed by atoms with Crippen LogP contribution in [0.25, 0.3) is 0 Å². The molecule has 0 amide bonds. The van der Waals surface area contributed by atoms with Crippen molar-refractivity contribution in [2.45, 2.75) is 23.9 Å². The second-order valence-corrected chi connectivity index (χ2v) is 2.48. The molecule has 0 aliphatic rings. The normalized spacial score (nSPS) is 14.8. The first-order valence-corrected chi connectivity index (χ1v) is 3.08. The van der Waals surface area contributed by atoms with E-state index in [1.54, 1.807) is 0 Å². The Balaban J connectivity index is 0. The second kappa shape index (κ2) is 5.08. The van der Waals surface area contributed by atoms with Gasteiger partial charge in [0.15, 0.2) is 0 Å². The number of halogens is 11. The quantitative estimate of drug-likeness (QED) is 0.412. The average Bonchev–Trinajstić information content (AvgIpc) is 2.00. The van der Waals surface area contributed by atoms with Gasteiger partial charge in [0.05, 0.1) is 6.43 Å². The maximum atomic E-state index is 12.0. The van der Waals surface area contributed by atoms with Crippen LogP contribution in [-0.2, 0) is 0 Å². The predicted octanol–water partition coefficient (Wildman–Crippen LogP) is 0.887. The molecule has 0 atom stereocenters. The van der Waals surface area contributed by atoms with Gasteiger partial charge in [-0.3, -0.25) is 0 Å². The SMILES string of the molecule is F[C-](F)C(F)(F)C(F)(F)C(F)(F)C(F)(F)F.[Na+]. The third-order valence-corrected chi connectivity index (χ3v) is 1.38. The van der Waals surface area contributed by atoms with Gasteiger partial charge >= 0.3 is 47.6 Å². The average molecular weight is 292 g/mol. The molecule has 0 bridgehead atoms. The first kappa shape index (κ1) is 19.6. The topological polar surface area (TPSA) is 0 Å². The molecular weight excluding hydrogens is 292 g/mol. The molecule has 98 valence electrons. The molecule has 0 N–H and O–H groups in total. The molecule has 0 aromatic carbocycles. The summed E-state index contributed by atoms with van der Waals surface area (Å²) in [7, 11) is 0. The van der Waals surface area contributed by atoms with E-state index in [0.29, 0.717) is 0 Å². The summed E-state index contributed by atoms with van der Waals surface area (Å²) in [5, 5.41) is 0. The van der Waals surface area contributed by atoms with E-state index in [2.05, 4.69) is 0 Å². The number of hydrogen-bond donors (Lipinski definition) is 0. The molecule has 0 saturated carbocycles. The molecule has 0 aromatic rings. The molecule has 0 rings (SSSR count). The van der Waals surface area contributed by atoms with E-state index in [1.165, 1.54) is 0 Å². The van der Waals surface area contributed by atoms with Crippen LogP contribution >= 0.6 is 0 Å². The van der Waals surface area contributed by atoms with Crippen molar-refractivity contribution in [3.05, 3.63) is 6.43 Å². The predicted molar refractivity (Wildman–Crippen MR) is 26.4 cm³/mol. The molecule has 0 aliphatic heterocycles. The van der Waals surface area contributed by atoms with Crippen molar-refractivity contribution < 1.29 is 77.9 Å². The zero-order valence-electron chi connectivity index (χ0n) is 7.66. The van der Waals surface area contributed by atoms with Crippen LogP contribution in [0.15, 0.2) is 0 Å². The molecule has 0 aromatic heterocycles. The van der Waals surface area contributed by atoms with Crippen LogP contribution in [0.5, 0.6) is 0 Å².